The molecule has 1 fully saturated rings. The van der Waals surface area contributed by atoms with Crippen molar-refractivity contribution in [2.24, 2.45) is 5.10 Å². The molecule has 2 aliphatic heterocycles. The van der Waals surface area contributed by atoms with Crippen molar-refractivity contribution < 1.29 is 23.9 Å². The summed E-state index contributed by atoms with van der Waals surface area (Å²) in [7, 11) is 0. The molecule has 0 aliphatic carbocycles. The maximum atomic E-state index is 12.8. The van der Waals surface area contributed by atoms with Crippen molar-refractivity contribution in [3.63, 3.8) is 0 Å². The molecular formula is C27H26N4O5. The molecule has 2 N–H and O–H groups in total. The topological polar surface area (TPSA) is 109 Å². The van der Waals surface area contributed by atoms with E-state index in [2.05, 4.69) is 15.8 Å². The van der Waals surface area contributed by atoms with Crippen LogP contribution in [0.3, 0.4) is 0 Å². The Balaban J connectivity index is 1.08. The van der Waals surface area contributed by atoms with Gasteiger partial charge in [-0.1, -0.05) is 24.3 Å². The number of amides is 3. The molecule has 3 amide bonds. The molecule has 0 spiro atoms. The van der Waals surface area contributed by atoms with E-state index in [0.717, 1.165) is 41.5 Å². The molecular weight excluding hydrogens is 460 g/mol. The zero-order valence-corrected chi connectivity index (χ0v) is 19.6. The van der Waals surface area contributed by atoms with Crippen LogP contribution in [0.1, 0.15) is 28.8 Å². The fourth-order valence-electron chi connectivity index (χ4n) is 4.38. The number of carbonyl (C=O) groups is 3. The first-order valence-electron chi connectivity index (χ1n) is 11.9. The molecule has 184 valence electrons. The Morgan fingerprint density at radius 3 is 2.67 bits per heavy atom. The van der Waals surface area contributed by atoms with Gasteiger partial charge in [-0.15, -0.1) is 0 Å². The Morgan fingerprint density at radius 1 is 1.08 bits per heavy atom. The first kappa shape index (κ1) is 23.5. The second-order valence-electron chi connectivity index (χ2n) is 8.66. The van der Waals surface area contributed by atoms with Crippen LogP contribution in [0.15, 0.2) is 65.8 Å². The molecule has 9 nitrogen and oxygen atoms in total. The van der Waals surface area contributed by atoms with Crippen LogP contribution in [-0.4, -0.2) is 56.3 Å². The third kappa shape index (κ3) is 5.21. The lowest BCUT2D eigenvalue weighted by Gasteiger charge is -2.16. The molecule has 9 heteroatoms. The molecule has 0 unspecified atom stereocenters. The summed E-state index contributed by atoms with van der Waals surface area (Å²) in [5, 5.41) is 8.63. The van der Waals surface area contributed by atoms with E-state index in [1.807, 2.05) is 30.3 Å². The summed E-state index contributed by atoms with van der Waals surface area (Å²) in [5.74, 6) is -0.255. The maximum Gasteiger partial charge on any atom is 0.260 e. The lowest BCUT2D eigenvalue weighted by Crippen LogP contribution is -2.37. The van der Waals surface area contributed by atoms with Gasteiger partial charge in [0.1, 0.15) is 12.3 Å². The van der Waals surface area contributed by atoms with E-state index >= 15 is 0 Å². The van der Waals surface area contributed by atoms with E-state index in [1.165, 1.54) is 11.1 Å². The summed E-state index contributed by atoms with van der Waals surface area (Å²) >= 11 is 0. The Hall–Kier alpha value is -4.24. The molecule has 1 atom stereocenters. The summed E-state index contributed by atoms with van der Waals surface area (Å²) in [6, 6.07) is 18.2. The van der Waals surface area contributed by atoms with Gasteiger partial charge in [0.2, 0.25) is 0 Å². The second kappa shape index (κ2) is 10.6. The first-order chi connectivity index (χ1) is 17.6. The van der Waals surface area contributed by atoms with Crippen molar-refractivity contribution in [2.45, 2.75) is 18.9 Å². The third-order valence-electron chi connectivity index (χ3n) is 6.15. The molecule has 36 heavy (non-hydrogen) atoms. The molecule has 0 radical (unpaired) electrons. The standard InChI is InChI=1S/C27H26N4O5/c32-24(16-31-23-8-2-5-19-4-1-7-22(26(19)23)27(31)34)30-29-14-18-9-11-20(12-10-18)36-17-25(33)28-15-21-6-3-13-35-21/h1-2,4-5,7-12,14,21H,3,6,13,15-17H2,(H,28,33)(H,30,32)/b29-14-/t21-/m1/s1. The van der Waals surface area contributed by atoms with Gasteiger partial charge in [0.25, 0.3) is 17.7 Å². The number of anilines is 1. The number of benzene rings is 3. The van der Waals surface area contributed by atoms with Crippen LogP contribution >= 0.6 is 0 Å². The van der Waals surface area contributed by atoms with E-state index in [9.17, 15) is 14.4 Å². The van der Waals surface area contributed by atoms with Crippen LogP contribution < -0.4 is 20.4 Å². The van der Waals surface area contributed by atoms with Gasteiger partial charge in [-0.2, -0.15) is 5.10 Å². The summed E-state index contributed by atoms with van der Waals surface area (Å²) in [6.45, 7) is 1.03. The van der Waals surface area contributed by atoms with Gasteiger partial charge in [-0.25, -0.2) is 5.43 Å². The predicted octanol–water partition coefficient (Wildman–Crippen LogP) is 2.62. The Bertz CT molecular complexity index is 1310. The largest absolute Gasteiger partial charge is 0.484 e. The highest BCUT2D eigenvalue weighted by Gasteiger charge is 2.30. The monoisotopic (exact) mass is 486 g/mol. The average molecular weight is 487 g/mol. The first-order valence-corrected chi connectivity index (χ1v) is 11.9. The van der Waals surface area contributed by atoms with Gasteiger partial charge in [-0.3, -0.25) is 19.3 Å². The van der Waals surface area contributed by atoms with E-state index < -0.39 is 5.91 Å². The molecule has 3 aromatic rings. The summed E-state index contributed by atoms with van der Waals surface area (Å²) in [4.78, 5) is 38.7. The highest BCUT2D eigenvalue weighted by atomic mass is 16.5. The number of hydrogen-bond donors (Lipinski definition) is 2. The van der Waals surface area contributed by atoms with Gasteiger partial charge in [-0.05, 0) is 60.2 Å². The van der Waals surface area contributed by atoms with Crippen molar-refractivity contribution in [1.29, 1.82) is 0 Å². The summed E-state index contributed by atoms with van der Waals surface area (Å²) in [5.41, 5.74) is 4.53. The number of rotatable bonds is 9. The van der Waals surface area contributed by atoms with Gasteiger partial charge < -0.3 is 14.8 Å². The normalized spacial score (nSPS) is 16.6. The number of ether oxygens (including phenoxy) is 2. The second-order valence-corrected chi connectivity index (χ2v) is 8.66. The lowest BCUT2D eigenvalue weighted by molar-refractivity contribution is -0.123. The summed E-state index contributed by atoms with van der Waals surface area (Å²) < 4.78 is 11.0. The van der Waals surface area contributed by atoms with E-state index in [4.69, 9.17) is 9.47 Å². The third-order valence-corrected chi connectivity index (χ3v) is 6.15. The molecule has 5 rings (SSSR count). The number of nitrogens with zero attached hydrogens (tertiary/aromatic N) is 2. The highest BCUT2D eigenvalue weighted by molar-refractivity contribution is 6.26. The Labute approximate surface area is 208 Å². The van der Waals surface area contributed by atoms with Crippen molar-refractivity contribution in [2.75, 3.05) is 31.2 Å². The van der Waals surface area contributed by atoms with Crippen molar-refractivity contribution >= 4 is 40.4 Å². The maximum absolute atomic E-state index is 12.8. The zero-order chi connectivity index (χ0) is 24.9. The van der Waals surface area contributed by atoms with Crippen LogP contribution in [0.25, 0.3) is 10.8 Å². The van der Waals surface area contributed by atoms with Gasteiger partial charge in [0.15, 0.2) is 6.61 Å². The Kier molecular flexibility index (Phi) is 6.90. The minimum atomic E-state index is -0.404. The van der Waals surface area contributed by atoms with Gasteiger partial charge in [0, 0.05) is 24.1 Å². The Morgan fingerprint density at radius 2 is 1.89 bits per heavy atom. The van der Waals surface area contributed by atoms with E-state index in [0.29, 0.717) is 17.9 Å². The SMILES string of the molecule is O=C(COc1ccc(/C=N\NC(=O)CN2C(=O)c3cccc4cccc2c34)cc1)NC[C@H]1CCCO1. The van der Waals surface area contributed by atoms with Crippen molar-refractivity contribution in [3.8, 4) is 5.75 Å². The minimum absolute atomic E-state index is 0.0803. The summed E-state index contributed by atoms with van der Waals surface area (Å²) in [6.07, 6.45) is 3.58. The van der Waals surface area contributed by atoms with Crippen molar-refractivity contribution in [3.05, 3.63) is 71.8 Å². The quantitative estimate of drug-likeness (QED) is 0.357. The van der Waals surface area contributed by atoms with Crippen molar-refractivity contribution in [1.82, 2.24) is 10.7 Å². The molecule has 2 heterocycles. The number of hydrogen-bond acceptors (Lipinski definition) is 6. The smallest absolute Gasteiger partial charge is 0.260 e. The zero-order valence-electron chi connectivity index (χ0n) is 19.6. The van der Waals surface area contributed by atoms with Crippen LogP contribution in [0.5, 0.6) is 5.75 Å². The molecule has 0 aromatic heterocycles. The van der Waals surface area contributed by atoms with Crippen LogP contribution in [-0.2, 0) is 14.3 Å². The number of carbonyl (C=O) groups excluding carboxylic acids is 3. The predicted molar refractivity (Wildman–Crippen MR) is 135 cm³/mol. The molecule has 3 aromatic carbocycles. The van der Waals surface area contributed by atoms with E-state index in [1.54, 1.807) is 30.3 Å². The van der Waals surface area contributed by atoms with Crippen LogP contribution in [0.2, 0.25) is 0 Å². The number of nitrogens with one attached hydrogen (secondary N) is 2. The van der Waals surface area contributed by atoms with Gasteiger partial charge >= 0.3 is 0 Å². The average Bonchev–Trinajstić information content (AvgIpc) is 3.51. The molecule has 0 bridgehead atoms. The highest BCUT2D eigenvalue weighted by Crippen LogP contribution is 2.36. The molecule has 0 saturated carbocycles. The minimum Gasteiger partial charge on any atom is -0.484 e. The fourth-order valence-corrected chi connectivity index (χ4v) is 4.38. The molecule has 2 aliphatic rings. The van der Waals surface area contributed by atoms with E-state index in [-0.39, 0.29) is 31.1 Å². The fraction of sp³-hybridized carbons (Fsp3) is 0.259. The lowest BCUT2D eigenvalue weighted by atomic mass is 10.1. The van der Waals surface area contributed by atoms with Gasteiger partial charge in [0.05, 0.1) is 18.0 Å². The number of hydrazone groups is 1. The van der Waals surface area contributed by atoms with Crippen LogP contribution in [0, 0.1) is 0 Å². The van der Waals surface area contributed by atoms with Crippen LogP contribution in [0.4, 0.5) is 5.69 Å². The molecule has 1 saturated heterocycles.